The lowest BCUT2D eigenvalue weighted by Gasteiger charge is -2.12. The molecule has 0 unspecified atom stereocenters. The van der Waals surface area contributed by atoms with Crippen LogP contribution in [-0.4, -0.2) is 23.9 Å². The van der Waals surface area contributed by atoms with Crippen LogP contribution in [0.25, 0.3) is 0 Å². The number of aryl methyl sites for hydroxylation is 2. The number of pyridine rings is 1. The van der Waals surface area contributed by atoms with Gasteiger partial charge in [-0.3, -0.25) is 14.6 Å². The van der Waals surface area contributed by atoms with Crippen LogP contribution < -0.4 is 15.4 Å². The van der Waals surface area contributed by atoms with Gasteiger partial charge in [-0.15, -0.1) is 0 Å². The van der Waals surface area contributed by atoms with Gasteiger partial charge >= 0.3 is 0 Å². The van der Waals surface area contributed by atoms with Gasteiger partial charge in [0.05, 0.1) is 19.0 Å². The number of carbonyl (C=O) groups is 2. The molecule has 0 aliphatic rings. The smallest absolute Gasteiger partial charge is 0.256 e. The Balaban J connectivity index is 1.79. The predicted molar refractivity (Wildman–Crippen MR) is 109 cm³/mol. The number of methoxy groups -OCH3 is 1. The Morgan fingerprint density at radius 3 is 2.29 bits per heavy atom. The fourth-order valence-electron chi connectivity index (χ4n) is 2.80. The molecule has 0 spiro atoms. The topological polar surface area (TPSA) is 80.3 Å². The summed E-state index contributed by atoms with van der Waals surface area (Å²) in [6.07, 6.45) is 3.21. The summed E-state index contributed by atoms with van der Waals surface area (Å²) < 4.78 is 5.17. The molecule has 0 saturated carbocycles. The van der Waals surface area contributed by atoms with Crippen molar-refractivity contribution < 1.29 is 14.3 Å². The number of carbonyl (C=O) groups excluding carboxylic acids is 2. The number of ether oxygens (including phenoxy) is 1. The summed E-state index contributed by atoms with van der Waals surface area (Å²) in [7, 11) is 1.58. The minimum Gasteiger partial charge on any atom is -0.497 e. The van der Waals surface area contributed by atoms with Crippen molar-refractivity contribution in [3.8, 4) is 5.75 Å². The standard InChI is InChI=1S/C22H21N3O3/c1-14-6-7-16(12-20(14)22(27)25-17-5-4-10-23-13-17)24-21(26)19-9-8-18(28-3)11-15(19)2/h4-13H,1-3H3,(H,24,26)(H,25,27). The minimum absolute atomic E-state index is 0.248. The average molecular weight is 375 g/mol. The first-order valence-corrected chi connectivity index (χ1v) is 8.76. The second-order valence-corrected chi connectivity index (χ2v) is 6.36. The number of hydrogen-bond donors (Lipinski definition) is 2. The zero-order chi connectivity index (χ0) is 20.1. The molecule has 3 rings (SSSR count). The van der Waals surface area contributed by atoms with Gasteiger partial charge in [0, 0.05) is 23.0 Å². The highest BCUT2D eigenvalue weighted by molar-refractivity contribution is 6.08. The minimum atomic E-state index is -0.262. The fraction of sp³-hybridized carbons (Fsp3) is 0.136. The van der Waals surface area contributed by atoms with Crippen molar-refractivity contribution in [1.82, 2.24) is 4.98 Å². The van der Waals surface area contributed by atoms with E-state index >= 15 is 0 Å². The van der Waals surface area contributed by atoms with E-state index in [4.69, 9.17) is 4.74 Å². The van der Waals surface area contributed by atoms with Gasteiger partial charge in [-0.2, -0.15) is 0 Å². The van der Waals surface area contributed by atoms with Crippen LogP contribution in [0, 0.1) is 13.8 Å². The lowest BCUT2D eigenvalue weighted by Crippen LogP contribution is -2.16. The van der Waals surface area contributed by atoms with Crippen LogP contribution in [-0.2, 0) is 0 Å². The Morgan fingerprint density at radius 1 is 0.857 bits per heavy atom. The normalized spacial score (nSPS) is 10.2. The zero-order valence-electron chi connectivity index (χ0n) is 15.9. The van der Waals surface area contributed by atoms with Crippen molar-refractivity contribution in [3.63, 3.8) is 0 Å². The highest BCUT2D eigenvalue weighted by atomic mass is 16.5. The van der Waals surface area contributed by atoms with Gasteiger partial charge in [-0.1, -0.05) is 6.07 Å². The van der Waals surface area contributed by atoms with Gasteiger partial charge in [0.1, 0.15) is 5.75 Å². The van der Waals surface area contributed by atoms with Crippen LogP contribution in [0.1, 0.15) is 31.8 Å². The largest absolute Gasteiger partial charge is 0.497 e. The molecule has 6 heteroatoms. The molecule has 2 amide bonds. The van der Waals surface area contributed by atoms with Crippen LogP contribution in [0.5, 0.6) is 5.75 Å². The highest BCUT2D eigenvalue weighted by Gasteiger charge is 2.14. The molecule has 2 aromatic carbocycles. The number of hydrogen-bond acceptors (Lipinski definition) is 4. The van der Waals surface area contributed by atoms with Gasteiger partial charge < -0.3 is 15.4 Å². The van der Waals surface area contributed by atoms with E-state index in [1.807, 2.05) is 13.8 Å². The maximum Gasteiger partial charge on any atom is 0.256 e. The Bertz CT molecular complexity index is 1020. The first-order chi connectivity index (χ1) is 13.5. The molecule has 3 aromatic rings. The third kappa shape index (κ3) is 4.35. The van der Waals surface area contributed by atoms with E-state index in [0.717, 1.165) is 11.1 Å². The van der Waals surface area contributed by atoms with Crippen molar-refractivity contribution in [2.24, 2.45) is 0 Å². The lowest BCUT2D eigenvalue weighted by atomic mass is 10.1. The van der Waals surface area contributed by atoms with Crippen molar-refractivity contribution in [2.75, 3.05) is 17.7 Å². The lowest BCUT2D eigenvalue weighted by molar-refractivity contribution is 0.101. The summed E-state index contributed by atoms with van der Waals surface area (Å²) in [5.41, 5.74) is 3.78. The fourth-order valence-corrected chi connectivity index (χ4v) is 2.80. The molecule has 6 nitrogen and oxygen atoms in total. The van der Waals surface area contributed by atoms with E-state index in [9.17, 15) is 9.59 Å². The number of nitrogens with one attached hydrogen (secondary N) is 2. The van der Waals surface area contributed by atoms with Crippen molar-refractivity contribution in [1.29, 1.82) is 0 Å². The third-order valence-corrected chi connectivity index (χ3v) is 4.34. The maximum absolute atomic E-state index is 12.6. The zero-order valence-corrected chi connectivity index (χ0v) is 15.9. The van der Waals surface area contributed by atoms with Gasteiger partial charge in [0.2, 0.25) is 0 Å². The summed E-state index contributed by atoms with van der Waals surface area (Å²) in [5.74, 6) is 0.184. The predicted octanol–water partition coefficient (Wildman–Crippen LogP) is 4.21. The SMILES string of the molecule is COc1ccc(C(=O)Nc2ccc(C)c(C(=O)Nc3cccnc3)c2)c(C)c1. The molecule has 0 saturated heterocycles. The number of amides is 2. The molecule has 142 valence electrons. The van der Waals surface area contributed by atoms with E-state index in [1.165, 1.54) is 0 Å². The number of aromatic nitrogens is 1. The molecular formula is C22H21N3O3. The monoisotopic (exact) mass is 375 g/mol. The molecule has 0 radical (unpaired) electrons. The van der Waals surface area contributed by atoms with Crippen LogP contribution in [0.15, 0.2) is 60.9 Å². The summed E-state index contributed by atoms with van der Waals surface area (Å²) >= 11 is 0. The highest BCUT2D eigenvalue weighted by Crippen LogP contribution is 2.21. The Labute approximate surface area is 163 Å². The summed E-state index contributed by atoms with van der Waals surface area (Å²) in [5, 5.41) is 5.66. The van der Waals surface area contributed by atoms with Crippen LogP contribution >= 0.6 is 0 Å². The van der Waals surface area contributed by atoms with Crippen molar-refractivity contribution in [2.45, 2.75) is 13.8 Å². The van der Waals surface area contributed by atoms with Crippen LogP contribution in [0.3, 0.4) is 0 Å². The van der Waals surface area contributed by atoms with Crippen molar-refractivity contribution >= 4 is 23.2 Å². The molecule has 0 atom stereocenters. The molecule has 0 fully saturated rings. The third-order valence-electron chi connectivity index (χ3n) is 4.34. The van der Waals surface area contributed by atoms with Gasteiger partial charge in [-0.05, 0) is 67.4 Å². The number of anilines is 2. The Kier molecular flexibility index (Phi) is 5.69. The summed E-state index contributed by atoms with van der Waals surface area (Å²) in [4.78, 5) is 29.2. The van der Waals surface area contributed by atoms with E-state index in [-0.39, 0.29) is 11.8 Å². The first kappa shape index (κ1) is 19.1. The summed E-state index contributed by atoms with van der Waals surface area (Å²) in [6.45, 7) is 3.69. The van der Waals surface area contributed by atoms with E-state index in [1.54, 1.807) is 68.0 Å². The molecule has 1 aromatic heterocycles. The quantitative estimate of drug-likeness (QED) is 0.700. The Morgan fingerprint density at radius 2 is 1.61 bits per heavy atom. The average Bonchev–Trinajstić information content (AvgIpc) is 2.69. The molecule has 2 N–H and O–H groups in total. The molecule has 28 heavy (non-hydrogen) atoms. The molecular weight excluding hydrogens is 354 g/mol. The van der Waals surface area contributed by atoms with E-state index in [0.29, 0.717) is 28.3 Å². The molecule has 0 aliphatic carbocycles. The molecule has 0 bridgehead atoms. The van der Waals surface area contributed by atoms with Crippen molar-refractivity contribution in [3.05, 3.63) is 83.2 Å². The second kappa shape index (κ2) is 8.35. The Hall–Kier alpha value is -3.67. The maximum atomic E-state index is 12.6. The molecule has 0 aliphatic heterocycles. The van der Waals surface area contributed by atoms with E-state index < -0.39 is 0 Å². The number of benzene rings is 2. The first-order valence-electron chi connectivity index (χ1n) is 8.76. The van der Waals surface area contributed by atoms with Gasteiger partial charge in [0.25, 0.3) is 11.8 Å². The van der Waals surface area contributed by atoms with E-state index in [2.05, 4.69) is 15.6 Å². The van der Waals surface area contributed by atoms with Gasteiger partial charge in [0.15, 0.2) is 0 Å². The van der Waals surface area contributed by atoms with Gasteiger partial charge in [-0.25, -0.2) is 0 Å². The number of nitrogens with zero attached hydrogens (tertiary/aromatic N) is 1. The van der Waals surface area contributed by atoms with Crippen LogP contribution in [0.4, 0.5) is 11.4 Å². The summed E-state index contributed by atoms with van der Waals surface area (Å²) in [6, 6.07) is 14.0. The number of rotatable bonds is 5. The van der Waals surface area contributed by atoms with Crippen LogP contribution in [0.2, 0.25) is 0 Å². The second-order valence-electron chi connectivity index (χ2n) is 6.36. The molecule has 1 heterocycles.